The second-order valence-electron chi connectivity index (χ2n) is 3.92. The van der Waals surface area contributed by atoms with Crippen molar-refractivity contribution in [1.82, 2.24) is 4.98 Å². The lowest BCUT2D eigenvalue weighted by molar-refractivity contribution is 0.220. The first-order valence-corrected chi connectivity index (χ1v) is 5.30. The molecule has 1 aliphatic rings. The van der Waals surface area contributed by atoms with Crippen molar-refractivity contribution in [3.63, 3.8) is 0 Å². The molecule has 1 unspecified atom stereocenters. The number of para-hydroxylation sites is 1. The van der Waals surface area contributed by atoms with Gasteiger partial charge in [-0.05, 0) is 17.7 Å². The van der Waals surface area contributed by atoms with Gasteiger partial charge in [0.15, 0.2) is 0 Å². The van der Waals surface area contributed by atoms with Gasteiger partial charge < -0.3 is 10.4 Å². The lowest BCUT2D eigenvalue weighted by atomic mass is 10.00. The first-order valence-electron chi connectivity index (χ1n) is 5.30. The van der Waals surface area contributed by atoms with Crippen LogP contribution >= 0.6 is 0 Å². The minimum absolute atomic E-state index is 0.588. The highest BCUT2D eigenvalue weighted by atomic mass is 16.3. The van der Waals surface area contributed by atoms with E-state index in [2.05, 4.69) is 10.3 Å². The molecule has 2 heterocycles. The molecule has 1 aromatic carbocycles. The third-order valence-corrected chi connectivity index (χ3v) is 2.97. The van der Waals surface area contributed by atoms with Gasteiger partial charge in [0.05, 0.1) is 0 Å². The summed E-state index contributed by atoms with van der Waals surface area (Å²) in [5, 5.41) is 13.6. The van der Waals surface area contributed by atoms with Crippen LogP contribution in [0.25, 0.3) is 0 Å². The van der Waals surface area contributed by atoms with Crippen LogP contribution in [0.2, 0.25) is 0 Å². The molecule has 0 bridgehead atoms. The molecule has 0 saturated carbocycles. The molecule has 1 aromatic heterocycles. The summed E-state index contributed by atoms with van der Waals surface area (Å²) in [4.78, 5) is 4.08. The quantitative estimate of drug-likeness (QED) is 0.702. The second kappa shape index (κ2) is 3.61. The molecule has 0 spiro atoms. The van der Waals surface area contributed by atoms with Crippen molar-refractivity contribution in [2.75, 3.05) is 5.32 Å². The molecule has 0 radical (unpaired) electrons. The summed E-state index contributed by atoms with van der Waals surface area (Å²) >= 11 is 0. The largest absolute Gasteiger partial charge is 0.384 e. The molecule has 16 heavy (non-hydrogen) atoms. The molecule has 0 amide bonds. The Hall–Kier alpha value is -1.87. The molecule has 3 nitrogen and oxygen atoms in total. The fraction of sp³-hybridized carbons (Fsp3) is 0.154. The maximum absolute atomic E-state index is 10.3. The van der Waals surface area contributed by atoms with Gasteiger partial charge in [-0.2, -0.15) is 0 Å². The Morgan fingerprint density at radius 1 is 1.19 bits per heavy atom. The van der Waals surface area contributed by atoms with Gasteiger partial charge in [-0.25, -0.2) is 0 Å². The van der Waals surface area contributed by atoms with Crippen molar-refractivity contribution >= 4 is 5.69 Å². The van der Waals surface area contributed by atoms with Crippen LogP contribution in [0.15, 0.2) is 42.7 Å². The Labute approximate surface area is 93.8 Å². The number of nitrogens with zero attached hydrogens (tertiary/aromatic N) is 1. The summed E-state index contributed by atoms with van der Waals surface area (Å²) < 4.78 is 0. The van der Waals surface area contributed by atoms with Crippen LogP contribution in [0.1, 0.15) is 22.8 Å². The van der Waals surface area contributed by atoms with E-state index in [0.29, 0.717) is 0 Å². The summed E-state index contributed by atoms with van der Waals surface area (Å²) in [6, 6.07) is 9.77. The van der Waals surface area contributed by atoms with E-state index in [9.17, 15) is 5.11 Å². The van der Waals surface area contributed by atoms with Gasteiger partial charge in [-0.1, -0.05) is 18.2 Å². The van der Waals surface area contributed by atoms with Gasteiger partial charge in [-0.15, -0.1) is 0 Å². The smallest absolute Gasteiger partial charge is 0.108 e. The highest BCUT2D eigenvalue weighted by molar-refractivity contribution is 5.57. The highest BCUT2D eigenvalue weighted by Gasteiger charge is 2.20. The van der Waals surface area contributed by atoms with Crippen molar-refractivity contribution in [3.05, 3.63) is 59.4 Å². The van der Waals surface area contributed by atoms with Gasteiger partial charge in [0.1, 0.15) is 6.10 Å². The summed E-state index contributed by atoms with van der Waals surface area (Å²) in [7, 11) is 0. The fourth-order valence-electron chi connectivity index (χ4n) is 2.10. The minimum Gasteiger partial charge on any atom is -0.384 e. The number of anilines is 1. The zero-order chi connectivity index (χ0) is 11.0. The van der Waals surface area contributed by atoms with Crippen molar-refractivity contribution < 1.29 is 5.11 Å². The van der Waals surface area contributed by atoms with E-state index in [1.165, 1.54) is 0 Å². The Balaban J connectivity index is 2.18. The SMILES string of the molecule is OC1c2cnccc2CNc2ccccc21. The summed E-state index contributed by atoms with van der Waals surface area (Å²) in [5.41, 5.74) is 3.89. The number of rotatable bonds is 0. The van der Waals surface area contributed by atoms with Gasteiger partial charge >= 0.3 is 0 Å². The van der Waals surface area contributed by atoms with E-state index in [4.69, 9.17) is 0 Å². The third kappa shape index (κ3) is 1.37. The Kier molecular flexibility index (Phi) is 2.11. The Morgan fingerprint density at radius 3 is 3.00 bits per heavy atom. The minimum atomic E-state index is -0.588. The number of hydrogen-bond acceptors (Lipinski definition) is 3. The first-order chi connectivity index (χ1) is 7.86. The van der Waals surface area contributed by atoms with Crippen LogP contribution in [0.3, 0.4) is 0 Å². The molecular weight excluding hydrogens is 200 g/mol. The second-order valence-corrected chi connectivity index (χ2v) is 3.92. The number of aliphatic hydroxyl groups is 1. The number of fused-ring (bicyclic) bond motifs is 2. The summed E-state index contributed by atoms with van der Waals surface area (Å²) in [6.45, 7) is 0.728. The maximum Gasteiger partial charge on any atom is 0.108 e. The van der Waals surface area contributed by atoms with E-state index in [0.717, 1.165) is 28.9 Å². The summed E-state index contributed by atoms with van der Waals surface area (Å²) in [6.07, 6.45) is 2.90. The molecule has 1 aliphatic heterocycles. The van der Waals surface area contributed by atoms with Crippen molar-refractivity contribution in [3.8, 4) is 0 Å². The lowest BCUT2D eigenvalue weighted by Crippen LogP contribution is -2.01. The number of pyridine rings is 1. The van der Waals surface area contributed by atoms with Gasteiger partial charge in [-0.3, -0.25) is 4.98 Å². The predicted molar refractivity (Wildman–Crippen MR) is 62.1 cm³/mol. The zero-order valence-electron chi connectivity index (χ0n) is 8.72. The van der Waals surface area contributed by atoms with Crippen molar-refractivity contribution in [1.29, 1.82) is 0 Å². The first kappa shape index (κ1) is 9.36. The number of aromatic nitrogens is 1. The molecule has 3 rings (SSSR count). The molecule has 0 saturated heterocycles. The topological polar surface area (TPSA) is 45.2 Å². The highest BCUT2D eigenvalue weighted by Crippen LogP contribution is 2.32. The van der Waals surface area contributed by atoms with Crippen LogP contribution < -0.4 is 5.32 Å². The molecule has 0 aliphatic carbocycles. The summed E-state index contributed by atoms with van der Waals surface area (Å²) in [5.74, 6) is 0. The standard InChI is InChI=1S/C13H12N2O/c16-13-10-3-1-2-4-12(10)15-7-9-5-6-14-8-11(9)13/h1-6,8,13,15-16H,7H2. The average Bonchev–Trinajstić information content (AvgIpc) is 2.49. The van der Waals surface area contributed by atoms with Crippen molar-refractivity contribution in [2.45, 2.75) is 12.6 Å². The monoisotopic (exact) mass is 212 g/mol. The lowest BCUT2D eigenvalue weighted by Gasteiger charge is -2.12. The molecule has 0 fully saturated rings. The van der Waals surface area contributed by atoms with E-state index in [1.807, 2.05) is 30.3 Å². The van der Waals surface area contributed by atoms with Crippen LogP contribution in [-0.4, -0.2) is 10.1 Å². The number of nitrogens with one attached hydrogen (secondary N) is 1. The molecule has 3 heteroatoms. The molecule has 1 atom stereocenters. The molecule has 2 aromatic rings. The van der Waals surface area contributed by atoms with Crippen LogP contribution in [-0.2, 0) is 6.54 Å². The van der Waals surface area contributed by atoms with Crippen LogP contribution in [0, 0.1) is 0 Å². The normalized spacial score (nSPS) is 17.9. The van der Waals surface area contributed by atoms with Gasteiger partial charge in [0.25, 0.3) is 0 Å². The van der Waals surface area contributed by atoms with Crippen LogP contribution in [0.5, 0.6) is 0 Å². The number of hydrogen-bond donors (Lipinski definition) is 2. The fourth-order valence-corrected chi connectivity index (χ4v) is 2.10. The maximum atomic E-state index is 10.3. The van der Waals surface area contributed by atoms with Crippen LogP contribution in [0.4, 0.5) is 5.69 Å². The Bertz CT molecular complexity index is 477. The van der Waals surface area contributed by atoms with E-state index < -0.39 is 6.10 Å². The number of aliphatic hydroxyl groups excluding tert-OH is 1. The van der Waals surface area contributed by atoms with Gasteiger partial charge in [0.2, 0.25) is 0 Å². The Morgan fingerprint density at radius 2 is 2.06 bits per heavy atom. The molecule has 80 valence electrons. The average molecular weight is 212 g/mol. The zero-order valence-corrected chi connectivity index (χ0v) is 8.72. The molecular formula is C13H12N2O. The number of benzene rings is 1. The molecule has 2 N–H and O–H groups in total. The van der Waals surface area contributed by atoms with E-state index in [-0.39, 0.29) is 0 Å². The van der Waals surface area contributed by atoms with Crippen molar-refractivity contribution in [2.24, 2.45) is 0 Å². The van der Waals surface area contributed by atoms with E-state index >= 15 is 0 Å². The third-order valence-electron chi connectivity index (χ3n) is 2.97. The van der Waals surface area contributed by atoms with E-state index in [1.54, 1.807) is 12.4 Å². The predicted octanol–water partition coefficient (Wildman–Crippen LogP) is 2.09. The van der Waals surface area contributed by atoms with Gasteiger partial charge in [0, 0.05) is 35.8 Å².